The zero-order valence-corrected chi connectivity index (χ0v) is 21.7. The Morgan fingerprint density at radius 3 is 2.16 bits per heavy atom. The molecule has 0 aromatic heterocycles. The van der Waals surface area contributed by atoms with E-state index in [-0.39, 0.29) is 12.5 Å². The molecule has 4 aromatic carbocycles. The van der Waals surface area contributed by atoms with Gasteiger partial charge >= 0.3 is 0 Å². The summed E-state index contributed by atoms with van der Waals surface area (Å²) in [5.74, 6) is 0.434. The van der Waals surface area contributed by atoms with Gasteiger partial charge in [-0.3, -0.25) is 4.79 Å². The summed E-state index contributed by atoms with van der Waals surface area (Å²) in [6.45, 7) is 2.62. The summed E-state index contributed by atoms with van der Waals surface area (Å²) < 4.78 is 11.7. The van der Waals surface area contributed by atoms with Crippen LogP contribution in [0.2, 0.25) is 10.0 Å². The molecule has 0 saturated carbocycles. The quantitative estimate of drug-likeness (QED) is 0.173. The maximum absolute atomic E-state index is 13.1. The fraction of sp³-hybridized carbons (Fsp3) is 0.133. The lowest BCUT2D eigenvalue weighted by Gasteiger charge is -2.16. The minimum absolute atomic E-state index is 0.224. The molecule has 1 N–H and O–H groups in total. The number of rotatable bonds is 10. The van der Waals surface area contributed by atoms with Crippen LogP contribution in [-0.2, 0) is 11.4 Å². The number of amides is 1. The zero-order valence-electron chi connectivity index (χ0n) is 20.2. The van der Waals surface area contributed by atoms with E-state index >= 15 is 0 Å². The van der Waals surface area contributed by atoms with E-state index in [4.69, 9.17) is 32.7 Å². The molecule has 0 atom stereocenters. The fourth-order valence-corrected chi connectivity index (χ4v) is 4.27. The van der Waals surface area contributed by atoms with Crippen LogP contribution in [0.3, 0.4) is 0 Å². The third-order valence-electron chi connectivity index (χ3n) is 5.58. The normalized spacial score (nSPS) is 11.0. The summed E-state index contributed by atoms with van der Waals surface area (Å²) in [6, 6.07) is 30.0. The second kappa shape index (κ2) is 12.9. The number of hydrazone groups is 1. The van der Waals surface area contributed by atoms with Gasteiger partial charge in [0, 0.05) is 15.6 Å². The number of nitrogens with one attached hydrogen (secondary N) is 1. The molecule has 1 amide bonds. The van der Waals surface area contributed by atoms with Crippen molar-refractivity contribution in [2.75, 3.05) is 6.61 Å². The van der Waals surface area contributed by atoms with Crippen LogP contribution in [0.4, 0.5) is 0 Å². The van der Waals surface area contributed by atoms with Crippen molar-refractivity contribution in [1.82, 2.24) is 5.43 Å². The summed E-state index contributed by atoms with van der Waals surface area (Å²) in [7, 11) is 0. The van der Waals surface area contributed by atoms with Gasteiger partial charge in [-0.05, 0) is 53.9 Å². The molecule has 0 radical (unpaired) electrons. The molecule has 37 heavy (non-hydrogen) atoms. The summed E-state index contributed by atoms with van der Waals surface area (Å²) in [6.07, 6.45) is 1.58. The molecule has 0 unspecified atom stereocenters. The smallest absolute Gasteiger partial charge is 0.252 e. The maximum Gasteiger partial charge on any atom is 0.252 e. The van der Waals surface area contributed by atoms with Crippen molar-refractivity contribution in [3.63, 3.8) is 0 Å². The van der Waals surface area contributed by atoms with Crippen molar-refractivity contribution in [1.29, 1.82) is 0 Å². The number of ether oxygens (including phenoxy) is 2. The van der Waals surface area contributed by atoms with E-state index in [0.29, 0.717) is 28.2 Å². The molecule has 0 heterocycles. The molecule has 0 spiro atoms. The van der Waals surface area contributed by atoms with Gasteiger partial charge in [0.15, 0.2) is 11.5 Å². The van der Waals surface area contributed by atoms with E-state index in [0.717, 1.165) is 22.3 Å². The first-order chi connectivity index (χ1) is 18.0. The van der Waals surface area contributed by atoms with Crippen molar-refractivity contribution in [3.05, 3.63) is 129 Å². The summed E-state index contributed by atoms with van der Waals surface area (Å²) >= 11 is 12.2. The largest absolute Gasteiger partial charge is 0.490 e. The molecule has 0 saturated heterocycles. The second-order valence-corrected chi connectivity index (χ2v) is 9.00. The highest BCUT2D eigenvalue weighted by Crippen LogP contribution is 2.30. The van der Waals surface area contributed by atoms with Crippen molar-refractivity contribution >= 4 is 35.3 Å². The van der Waals surface area contributed by atoms with Gasteiger partial charge in [0.2, 0.25) is 0 Å². The molecule has 0 fully saturated rings. The highest BCUT2D eigenvalue weighted by molar-refractivity contribution is 6.35. The lowest BCUT2D eigenvalue weighted by molar-refractivity contribution is -0.121. The number of carbonyl (C=O) groups excluding carboxylic acids is 1. The van der Waals surface area contributed by atoms with Crippen molar-refractivity contribution in [2.45, 2.75) is 19.4 Å². The van der Waals surface area contributed by atoms with E-state index in [1.54, 1.807) is 24.4 Å². The van der Waals surface area contributed by atoms with Crippen LogP contribution in [0.1, 0.15) is 35.1 Å². The van der Waals surface area contributed by atoms with Gasteiger partial charge in [0.05, 0.1) is 18.7 Å². The fourth-order valence-electron chi connectivity index (χ4n) is 3.81. The monoisotopic (exact) mass is 532 g/mol. The molecule has 4 aromatic rings. The second-order valence-electron chi connectivity index (χ2n) is 8.15. The number of hydrogen-bond donors (Lipinski definition) is 1. The summed E-state index contributed by atoms with van der Waals surface area (Å²) in [5, 5.41) is 5.31. The van der Waals surface area contributed by atoms with E-state index in [1.165, 1.54) is 0 Å². The Morgan fingerprint density at radius 2 is 1.54 bits per heavy atom. The Kier molecular flexibility index (Phi) is 9.19. The Hall–Kier alpha value is -3.80. The Labute approximate surface area is 226 Å². The maximum atomic E-state index is 13.1. The van der Waals surface area contributed by atoms with Crippen molar-refractivity contribution < 1.29 is 14.3 Å². The van der Waals surface area contributed by atoms with E-state index in [9.17, 15) is 4.79 Å². The first kappa shape index (κ1) is 26.3. The number of carbonyl (C=O) groups is 1. The molecular formula is C30H26Cl2N2O3. The molecule has 4 rings (SSSR count). The average Bonchev–Trinajstić information content (AvgIpc) is 2.91. The molecular weight excluding hydrogens is 507 g/mol. The van der Waals surface area contributed by atoms with Crippen LogP contribution in [0.5, 0.6) is 11.5 Å². The Balaban J connectivity index is 1.46. The van der Waals surface area contributed by atoms with Gasteiger partial charge in [0.1, 0.15) is 6.61 Å². The van der Waals surface area contributed by atoms with Crippen molar-refractivity contribution in [3.8, 4) is 11.5 Å². The Bertz CT molecular complexity index is 1320. The van der Waals surface area contributed by atoms with Crippen LogP contribution in [0.15, 0.2) is 102 Å². The van der Waals surface area contributed by atoms with E-state index < -0.39 is 5.92 Å². The highest BCUT2D eigenvalue weighted by atomic mass is 35.5. The lowest BCUT2D eigenvalue weighted by atomic mass is 9.91. The third-order valence-corrected chi connectivity index (χ3v) is 6.17. The van der Waals surface area contributed by atoms with Crippen LogP contribution < -0.4 is 14.9 Å². The molecule has 0 bridgehead atoms. The first-order valence-electron chi connectivity index (χ1n) is 11.8. The third kappa shape index (κ3) is 7.13. The van der Waals surface area contributed by atoms with Crippen LogP contribution in [0.25, 0.3) is 0 Å². The number of benzene rings is 4. The molecule has 5 nitrogen and oxygen atoms in total. The first-order valence-corrected chi connectivity index (χ1v) is 12.6. The van der Waals surface area contributed by atoms with Gasteiger partial charge in [-0.25, -0.2) is 5.43 Å². The SMILES string of the molecule is CCOc1cc(/C=N/NC(=O)C(c2ccccc2)c2ccccc2)ccc1OCc1ccc(Cl)cc1Cl. The topological polar surface area (TPSA) is 59.9 Å². The van der Waals surface area contributed by atoms with Gasteiger partial charge in [-0.2, -0.15) is 5.10 Å². The predicted octanol–water partition coefficient (Wildman–Crippen LogP) is 7.25. The average molecular weight is 533 g/mol. The highest BCUT2D eigenvalue weighted by Gasteiger charge is 2.22. The van der Waals surface area contributed by atoms with Crippen LogP contribution in [-0.4, -0.2) is 18.7 Å². The van der Waals surface area contributed by atoms with Gasteiger partial charge in [-0.15, -0.1) is 0 Å². The van der Waals surface area contributed by atoms with Crippen LogP contribution >= 0.6 is 23.2 Å². The minimum atomic E-state index is -0.478. The van der Waals surface area contributed by atoms with Gasteiger partial charge < -0.3 is 9.47 Å². The minimum Gasteiger partial charge on any atom is -0.490 e. The number of nitrogens with zero attached hydrogens (tertiary/aromatic N) is 1. The van der Waals surface area contributed by atoms with Gasteiger partial charge in [0.25, 0.3) is 5.91 Å². The molecule has 0 aliphatic rings. The molecule has 7 heteroatoms. The van der Waals surface area contributed by atoms with Gasteiger partial charge in [-0.1, -0.05) is 89.9 Å². The number of hydrogen-bond acceptors (Lipinski definition) is 4. The molecule has 0 aliphatic carbocycles. The zero-order chi connectivity index (χ0) is 26.0. The molecule has 188 valence electrons. The van der Waals surface area contributed by atoms with E-state index in [1.807, 2.05) is 85.8 Å². The molecule has 0 aliphatic heterocycles. The summed E-state index contributed by atoms with van der Waals surface area (Å²) in [4.78, 5) is 13.1. The summed E-state index contributed by atoms with van der Waals surface area (Å²) in [5.41, 5.74) is 6.03. The predicted molar refractivity (Wildman–Crippen MR) is 149 cm³/mol. The van der Waals surface area contributed by atoms with Crippen LogP contribution in [0, 0.1) is 0 Å². The Morgan fingerprint density at radius 1 is 0.865 bits per heavy atom. The standard InChI is InChI=1S/C30H26Cl2N2O3/c1-2-36-28-17-21(13-16-27(28)37-20-24-14-15-25(31)18-26(24)32)19-33-34-30(35)29(22-9-5-3-6-10-22)23-11-7-4-8-12-23/h3-19,29H,2,20H2,1H3,(H,34,35)/b33-19+. The van der Waals surface area contributed by atoms with E-state index in [2.05, 4.69) is 10.5 Å². The number of halogens is 2. The lowest BCUT2D eigenvalue weighted by Crippen LogP contribution is -2.26. The van der Waals surface area contributed by atoms with Crippen molar-refractivity contribution in [2.24, 2.45) is 5.10 Å².